The molecule has 1 aromatic carbocycles. The fraction of sp³-hybridized carbons (Fsp3) is 0.619. The third-order valence-corrected chi connectivity index (χ3v) is 6.60. The first kappa shape index (κ1) is 16.6. The molecule has 0 unspecified atom stereocenters. The summed E-state index contributed by atoms with van der Waals surface area (Å²) in [4.78, 5) is 25.2. The van der Waals surface area contributed by atoms with Gasteiger partial charge in [0.1, 0.15) is 0 Å². The van der Waals surface area contributed by atoms with Gasteiger partial charge in [-0.1, -0.05) is 25.1 Å². The Labute approximate surface area is 149 Å². The predicted molar refractivity (Wildman–Crippen MR) is 98.1 cm³/mol. The summed E-state index contributed by atoms with van der Waals surface area (Å²) in [7, 11) is 0. The summed E-state index contributed by atoms with van der Waals surface area (Å²) in [5, 5.41) is 5.88. The average Bonchev–Trinajstić information content (AvgIpc) is 2.59. The van der Waals surface area contributed by atoms with Gasteiger partial charge in [-0.15, -0.1) is 0 Å². The summed E-state index contributed by atoms with van der Waals surface area (Å²) in [5.74, 6) is 2.19. The number of carbonyl (C=O) groups excluding carboxylic acids is 2. The molecule has 0 radical (unpaired) electrons. The molecule has 4 nitrogen and oxygen atoms in total. The van der Waals surface area contributed by atoms with E-state index in [1.807, 2.05) is 24.3 Å². The van der Waals surface area contributed by atoms with Gasteiger partial charge < -0.3 is 10.6 Å². The Kier molecular flexibility index (Phi) is 4.30. The summed E-state index contributed by atoms with van der Waals surface area (Å²) < 4.78 is 0. The lowest BCUT2D eigenvalue weighted by Crippen LogP contribution is -2.54. The molecule has 4 aliphatic carbocycles. The van der Waals surface area contributed by atoms with Crippen LogP contribution in [0.25, 0.3) is 0 Å². The van der Waals surface area contributed by atoms with Crippen molar-refractivity contribution in [2.24, 2.45) is 23.2 Å². The molecule has 0 atom stereocenters. The zero-order chi connectivity index (χ0) is 17.4. The number of aryl methyl sites for hydroxylation is 1. The fourth-order valence-electron chi connectivity index (χ4n) is 5.88. The quantitative estimate of drug-likeness (QED) is 0.861. The van der Waals surface area contributed by atoms with E-state index in [1.165, 1.54) is 19.3 Å². The molecule has 1 aromatic rings. The molecule has 0 aliphatic heterocycles. The third kappa shape index (κ3) is 3.19. The number of carbonyl (C=O) groups is 2. The SMILES string of the molecule is CCc1ccccc1NC(=O)CNC(=O)C12CC3CC(CC(C3)C1)C2. The van der Waals surface area contributed by atoms with Gasteiger partial charge in [0.05, 0.1) is 6.54 Å². The molecule has 4 aliphatic rings. The molecule has 2 amide bonds. The number of anilines is 1. The number of para-hydroxylation sites is 1. The molecule has 4 heteroatoms. The first-order valence-corrected chi connectivity index (χ1v) is 9.74. The van der Waals surface area contributed by atoms with Gasteiger partial charge in [0.2, 0.25) is 11.8 Å². The van der Waals surface area contributed by atoms with Crippen LogP contribution >= 0.6 is 0 Å². The van der Waals surface area contributed by atoms with Crippen LogP contribution in [0.2, 0.25) is 0 Å². The minimum Gasteiger partial charge on any atom is -0.347 e. The van der Waals surface area contributed by atoms with Gasteiger partial charge in [0, 0.05) is 11.1 Å². The van der Waals surface area contributed by atoms with Crippen LogP contribution in [0.15, 0.2) is 24.3 Å². The molecule has 2 N–H and O–H groups in total. The molecule has 134 valence electrons. The Hall–Kier alpha value is -1.84. The minimum absolute atomic E-state index is 0.0681. The van der Waals surface area contributed by atoms with Crippen molar-refractivity contribution in [3.8, 4) is 0 Å². The minimum atomic E-state index is -0.184. The Bertz CT molecular complexity index is 647. The molecule has 4 fully saturated rings. The van der Waals surface area contributed by atoms with E-state index in [0.717, 1.165) is 54.7 Å². The van der Waals surface area contributed by atoms with Gasteiger partial charge in [-0.3, -0.25) is 9.59 Å². The van der Waals surface area contributed by atoms with E-state index in [9.17, 15) is 9.59 Å². The average molecular weight is 340 g/mol. The zero-order valence-electron chi connectivity index (χ0n) is 15.0. The number of hydrogen-bond donors (Lipinski definition) is 2. The highest BCUT2D eigenvalue weighted by Crippen LogP contribution is 2.60. The second-order valence-electron chi connectivity index (χ2n) is 8.44. The van der Waals surface area contributed by atoms with Crippen molar-refractivity contribution < 1.29 is 9.59 Å². The van der Waals surface area contributed by atoms with Crippen molar-refractivity contribution >= 4 is 17.5 Å². The Morgan fingerprint density at radius 2 is 1.64 bits per heavy atom. The van der Waals surface area contributed by atoms with Crippen LogP contribution in [0.5, 0.6) is 0 Å². The van der Waals surface area contributed by atoms with Crippen molar-refractivity contribution in [3.05, 3.63) is 29.8 Å². The Morgan fingerprint density at radius 3 is 2.24 bits per heavy atom. The Morgan fingerprint density at radius 1 is 1.04 bits per heavy atom. The molecular weight excluding hydrogens is 312 g/mol. The number of amides is 2. The maximum absolute atomic E-state index is 12.9. The first-order chi connectivity index (χ1) is 12.1. The van der Waals surface area contributed by atoms with Gasteiger partial charge in [-0.25, -0.2) is 0 Å². The molecule has 25 heavy (non-hydrogen) atoms. The molecule has 0 aromatic heterocycles. The van der Waals surface area contributed by atoms with Gasteiger partial charge in [-0.2, -0.15) is 0 Å². The molecule has 0 spiro atoms. The summed E-state index contributed by atoms with van der Waals surface area (Å²) in [6.45, 7) is 2.14. The Balaban J connectivity index is 1.35. The molecular formula is C21H28N2O2. The van der Waals surface area contributed by atoms with E-state index in [1.54, 1.807) is 0 Å². The number of rotatable bonds is 5. The van der Waals surface area contributed by atoms with Crippen molar-refractivity contribution in [3.63, 3.8) is 0 Å². The summed E-state index contributed by atoms with van der Waals surface area (Å²) in [6, 6.07) is 7.83. The predicted octanol–water partition coefficient (Wildman–Crippen LogP) is 3.52. The standard InChI is InChI=1S/C21H28N2O2/c1-2-17-5-3-4-6-18(17)23-19(24)13-22-20(25)21-10-14-7-15(11-21)9-16(8-14)12-21/h3-6,14-16H,2,7-13H2,1H3,(H,22,25)(H,23,24). The van der Waals surface area contributed by atoms with Crippen molar-refractivity contribution in [2.75, 3.05) is 11.9 Å². The van der Waals surface area contributed by atoms with E-state index in [4.69, 9.17) is 0 Å². The molecule has 4 bridgehead atoms. The van der Waals surface area contributed by atoms with Crippen LogP contribution in [0.4, 0.5) is 5.69 Å². The van der Waals surface area contributed by atoms with Gasteiger partial charge in [-0.05, 0) is 74.3 Å². The van der Waals surface area contributed by atoms with E-state index in [0.29, 0.717) is 0 Å². The summed E-state index contributed by atoms with van der Waals surface area (Å²) >= 11 is 0. The van der Waals surface area contributed by atoms with Crippen molar-refractivity contribution in [1.29, 1.82) is 0 Å². The van der Waals surface area contributed by atoms with Crippen LogP contribution in [-0.4, -0.2) is 18.4 Å². The molecule has 4 saturated carbocycles. The van der Waals surface area contributed by atoms with Gasteiger partial charge in [0.25, 0.3) is 0 Å². The highest BCUT2D eigenvalue weighted by atomic mass is 16.2. The molecule has 0 saturated heterocycles. The van der Waals surface area contributed by atoms with Crippen LogP contribution in [0.1, 0.15) is 51.0 Å². The van der Waals surface area contributed by atoms with Crippen LogP contribution in [-0.2, 0) is 16.0 Å². The van der Waals surface area contributed by atoms with E-state index >= 15 is 0 Å². The van der Waals surface area contributed by atoms with Gasteiger partial charge in [0.15, 0.2) is 0 Å². The number of nitrogens with one attached hydrogen (secondary N) is 2. The second kappa shape index (κ2) is 6.47. The number of benzene rings is 1. The highest BCUT2D eigenvalue weighted by molar-refractivity contribution is 5.96. The monoisotopic (exact) mass is 340 g/mol. The second-order valence-corrected chi connectivity index (χ2v) is 8.44. The summed E-state index contributed by atoms with van der Waals surface area (Å²) in [6.07, 6.45) is 7.93. The van der Waals surface area contributed by atoms with Crippen LogP contribution in [0.3, 0.4) is 0 Å². The number of hydrogen-bond acceptors (Lipinski definition) is 2. The normalized spacial score (nSPS) is 32.4. The van der Waals surface area contributed by atoms with Crippen molar-refractivity contribution in [2.45, 2.75) is 51.9 Å². The van der Waals surface area contributed by atoms with Crippen LogP contribution in [0, 0.1) is 23.2 Å². The first-order valence-electron chi connectivity index (χ1n) is 9.74. The maximum atomic E-state index is 12.9. The zero-order valence-corrected chi connectivity index (χ0v) is 15.0. The lowest BCUT2D eigenvalue weighted by molar-refractivity contribution is -0.146. The van der Waals surface area contributed by atoms with E-state index < -0.39 is 0 Å². The van der Waals surface area contributed by atoms with Crippen LogP contribution < -0.4 is 10.6 Å². The van der Waals surface area contributed by atoms with E-state index in [-0.39, 0.29) is 23.8 Å². The largest absolute Gasteiger partial charge is 0.347 e. The summed E-state index contributed by atoms with van der Waals surface area (Å²) in [5.41, 5.74) is 1.78. The fourth-order valence-corrected chi connectivity index (χ4v) is 5.88. The molecule has 0 heterocycles. The molecule has 5 rings (SSSR count). The van der Waals surface area contributed by atoms with Crippen molar-refractivity contribution in [1.82, 2.24) is 5.32 Å². The highest BCUT2D eigenvalue weighted by Gasteiger charge is 2.54. The topological polar surface area (TPSA) is 58.2 Å². The lowest BCUT2D eigenvalue weighted by atomic mass is 9.49. The lowest BCUT2D eigenvalue weighted by Gasteiger charge is -2.55. The maximum Gasteiger partial charge on any atom is 0.243 e. The smallest absolute Gasteiger partial charge is 0.243 e. The third-order valence-electron chi connectivity index (χ3n) is 6.60. The van der Waals surface area contributed by atoms with Gasteiger partial charge >= 0.3 is 0 Å². The van der Waals surface area contributed by atoms with E-state index in [2.05, 4.69) is 17.6 Å².